The second-order valence-electron chi connectivity index (χ2n) is 7.08. The highest BCUT2D eigenvalue weighted by Crippen LogP contribution is 2.37. The number of hydrogen-bond donors (Lipinski definition) is 4. The van der Waals surface area contributed by atoms with Crippen molar-refractivity contribution in [2.24, 2.45) is 0 Å². The third kappa shape index (κ3) is 7.01. The van der Waals surface area contributed by atoms with Gasteiger partial charge in [-0.05, 0) is 36.4 Å². The van der Waals surface area contributed by atoms with E-state index in [1.165, 1.54) is 37.5 Å². The standard InChI is InChI=1S/C22H17F6N5O3/c1-29-19(34)18-11-17(5-6-30-18)36-16-4-2-3-14(10-16)32-33-20(35)31-15-8-12(21(23,24)25)7-13(9-15)22(26,27)28/h2-11,32H,1H3,(H,29,34)(H2,31,33,35). The van der Waals surface area contributed by atoms with Crippen molar-refractivity contribution in [3.8, 4) is 11.5 Å². The Morgan fingerprint density at radius 1 is 0.833 bits per heavy atom. The normalized spacial score (nSPS) is 11.4. The fraction of sp³-hybridized carbons (Fsp3) is 0.136. The molecule has 0 bridgehead atoms. The van der Waals surface area contributed by atoms with Crippen LogP contribution in [0.25, 0.3) is 0 Å². The summed E-state index contributed by atoms with van der Waals surface area (Å²) in [6.07, 6.45) is -8.74. The van der Waals surface area contributed by atoms with Gasteiger partial charge >= 0.3 is 18.4 Å². The molecule has 1 aromatic heterocycles. The van der Waals surface area contributed by atoms with Crippen LogP contribution in [0.4, 0.5) is 42.5 Å². The lowest BCUT2D eigenvalue weighted by atomic mass is 10.1. The number of anilines is 2. The summed E-state index contributed by atoms with van der Waals surface area (Å²) >= 11 is 0. The maximum absolute atomic E-state index is 13.0. The Balaban J connectivity index is 1.67. The molecule has 4 N–H and O–H groups in total. The van der Waals surface area contributed by atoms with E-state index in [9.17, 15) is 35.9 Å². The first-order chi connectivity index (χ1) is 16.8. The highest BCUT2D eigenvalue weighted by molar-refractivity contribution is 5.92. The Bertz CT molecular complexity index is 1230. The van der Waals surface area contributed by atoms with Crippen molar-refractivity contribution >= 4 is 23.3 Å². The molecule has 8 nitrogen and oxygen atoms in total. The zero-order chi connectivity index (χ0) is 26.5. The summed E-state index contributed by atoms with van der Waals surface area (Å²) in [7, 11) is 1.44. The summed E-state index contributed by atoms with van der Waals surface area (Å²) < 4.78 is 83.5. The van der Waals surface area contributed by atoms with Crippen molar-refractivity contribution in [2.45, 2.75) is 12.4 Å². The number of rotatable bonds is 6. The minimum absolute atomic E-state index is 0.0484. The van der Waals surface area contributed by atoms with Gasteiger partial charge in [0.1, 0.15) is 17.2 Å². The number of carbonyl (C=O) groups is 2. The average molecular weight is 513 g/mol. The lowest BCUT2D eigenvalue weighted by Crippen LogP contribution is -2.33. The molecule has 0 atom stereocenters. The van der Waals surface area contributed by atoms with Crippen LogP contribution in [0.15, 0.2) is 60.8 Å². The number of hydrogen-bond acceptors (Lipinski definition) is 5. The molecule has 0 saturated heterocycles. The number of nitrogens with one attached hydrogen (secondary N) is 4. The first-order valence-electron chi connectivity index (χ1n) is 9.93. The van der Waals surface area contributed by atoms with Crippen LogP contribution in [-0.2, 0) is 12.4 Å². The van der Waals surface area contributed by atoms with Crippen molar-refractivity contribution < 1.29 is 40.7 Å². The number of pyridine rings is 1. The number of amides is 3. The van der Waals surface area contributed by atoms with Gasteiger partial charge in [-0.1, -0.05) is 6.07 Å². The van der Waals surface area contributed by atoms with Crippen LogP contribution >= 0.6 is 0 Å². The third-order valence-electron chi connectivity index (χ3n) is 4.43. The van der Waals surface area contributed by atoms with E-state index in [1.807, 2.05) is 5.32 Å². The first kappa shape index (κ1) is 26.1. The number of halogens is 6. The number of alkyl halides is 6. The van der Waals surface area contributed by atoms with Crippen LogP contribution in [0.2, 0.25) is 0 Å². The second-order valence-corrected chi connectivity index (χ2v) is 7.08. The van der Waals surface area contributed by atoms with Crippen LogP contribution in [0.5, 0.6) is 11.5 Å². The van der Waals surface area contributed by atoms with E-state index in [0.717, 1.165) is 0 Å². The smallest absolute Gasteiger partial charge is 0.416 e. The maximum atomic E-state index is 13.0. The van der Waals surface area contributed by atoms with Crippen LogP contribution in [0, 0.1) is 0 Å². The predicted octanol–water partition coefficient (Wildman–Crippen LogP) is 5.42. The highest BCUT2D eigenvalue weighted by atomic mass is 19.4. The highest BCUT2D eigenvalue weighted by Gasteiger charge is 2.37. The summed E-state index contributed by atoms with van der Waals surface area (Å²) in [5.74, 6) is 0.148. The lowest BCUT2D eigenvalue weighted by molar-refractivity contribution is -0.143. The van der Waals surface area contributed by atoms with Gasteiger partial charge in [0, 0.05) is 31.1 Å². The summed E-state index contributed by atoms with van der Waals surface area (Å²) in [4.78, 5) is 27.7. The summed E-state index contributed by atoms with van der Waals surface area (Å²) in [5.41, 5.74) is 1.10. The fourth-order valence-corrected chi connectivity index (χ4v) is 2.82. The SMILES string of the molecule is CNC(=O)c1cc(Oc2cccc(NNC(=O)Nc3cc(C(F)(F)F)cc(C(F)(F)F)c3)c2)ccn1. The van der Waals surface area contributed by atoms with Crippen LogP contribution < -0.4 is 26.2 Å². The molecule has 3 rings (SSSR count). The molecule has 0 radical (unpaired) electrons. The minimum atomic E-state index is -5.05. The van der Waals surface area contributed by atoms with Gasteiger partial charge in [-0.25, -0.2) is 4.79 Å². The van der Waals surface area contributed by atoms with Crippen molar-refractivity contribution in [2.75, 3.05) is 17.8 Å². The van der Waals surface area contributed by atoms with E-state index in [-0.39, 0.29) is 28.9 Å². The molecule has 14 heteroatoms. The molecular formula is C22H17F6N5O3. The van der Waals surface area contributed by atoms with E-state index in [4.69, 9.17) is 4.74 Å². The third-order valence-corrected chi connectivity index (χ3v) is 4.43. The van der Waals surface area contributed by atoms with E-state index >= 15 is 0 Å². The predicted molar refractivity (Wildman–Crippen MR) is 116 cm³/mol. The molecule has 36 heavy (non-hydrogen) atoms. The van der Waals surface area contributed by atoms with E-state index in [0.29, 0.717) is 12.1 Å². The zero-order valence-corrected chi connectivity index (χ0v) is 18.2. The largest absolute Gasteiger partial charge is 0.457 e. The van der Waals surface area contributed by atoms with E-state index in [1.54, 1.807) is 12.1 Å². The van der Waals surface area contributed by atoms with Crippen molar-refractivity contribution in [1.29, 1.82) is 0 Å². The first-order valence-corrected chi connectivity index (χ1v) is 9.93. The van der Waals surface area contributed by atoms with Crippen molar-refractivity contribution in [3.63, 3.8) is 0 Å². The number of aromatic nitrogens is 1. The number of nitrogens with zero attached hydrogens (tertiary/aromatic N) is 1. The van der Waals surface area contributed by atoms with Gasteiger partial charge in [-0.3, -0.25) is 20.6 Å². The Morgan fingerprint density at radius 3 is 2.08 bits per heavy atom. The molecule has 0 saturated carbocycles. The van der Waals surface area contributed by atoms with Crippen LogP contribution in [-0.4, -0.2) is 24.0 Å². The zero-order valence-electron chi connectivity index (χ0n) is 18.2. The van der Waals surface area contributed by atoms with Gasteiger partial charge in [-0.15, -0.1) is 0 Å². The number of hydrazine groups is 1. The topological polar surface area (TPSA) is 104 Å². The number of carbonyl (C=O) groups excluding carboxylic acids is 2. The van der Waals surface area contributed by atoms with Crippen LogP contribution in [0.3, 0.4) is 0 Å². The molecule has 3 amide bonds. The quantitative estimate of drug-likeness (QED) is 0.260. The average Bonchev–Trinajstić information content (AvgIpc) is 2.81. The molecule has 0 spiro atoms. The van der Waals surface area contributed by atoms with Crippen molar-refractivity contribution in [1.82, 2.24) is 15.7 Å². The summed E-state index contributed by atoms with van der Waals surface area (Å²) in [6, 6.07) is 8.53. The van der Waals surface area contributed by atoms with Gasteiger partial charge in [0.2, 0.25) is 0 Å². The molecule has 0 unspecified atom stereocenters. The van der Waals surface area contributed by atoms with Gasteiger partial charge in [0.15, 0.2) is 0 Å². The minimum Gasteiger partial charge on any atom is -0.457 e. The molecular weight excluding hydrogens is 496 g/mol. The molecule has 2 aromatic carbocycles. The Morgan fingerprint density at radius 2 is 1.47 bits per heavy atom. The second kappa shape index (κ2) is 10.4. The number of ether oxygens (including phenoxy) is 1. The lowest BCUT2D eigenvalue weighted by Gasteiger charge is -2.15. The number of urea groups is 1. The molecule has 0 aliphatic heterocycles. The Hall–Kier alpha value is -4.49. The summed E-state index contributed by atoms with van der Waals surface area (Å²) in [6.45, 7) is 0. The van der Waals surface area contributed by atoms with Gasteiger partial charge in [0.25, 0.3) is 5.91 Å². The van der Waals surface area contributed by atoms with Gasteiger partial charge in [-0.2, -0.15) is 26.3 Å². The fourth-order valence-electron chi connectivity index (χ4n) is 2.82. The van der Waals surface area contributed by atoms with Gasteiger partial charge in [0.05, 0.1) is 16.8 Å². The molecule has 0 aliphatic rings. The van der Waals surface area contributed by atoms with Crippen LogP contribution in [0.1, 0.15) is 21.6 Å². The summed E-state index contributed by atoms with van der Waals surface area (Å²) in [5, 5.41) is 4.35. The Labute approximate surface area is 199 Å². The molecule has 3 aromatic rings. The Kier molecular flexibility index (Phi) is 7.56. The van der Waals surface area contributed by atoms with Gasteiger partial charge < -0.3 is 15.4 Å². The molecule has 0 aliphatic carbocycles. The van der Waals surface area contributed by atoms with E-state index < -0.39 is 41.1 Å². The monoisotopic (exact) mass is 513 g/mol. The number of benzene rings is 2. The molecule has 1 heterocycles. The van der Waals surface area contributed by atoms with E-state index in [2.05, 4.69) is 21.2 Å². The molecule has 0 fully saturated rings. The maximum Gasteiger partial charge on any atom is 0.416 e. The van der Waals surface area contributed by atoms with Crippen molar-refractivity contribution in [3.05, 3.63) is 77.6 Å². The molecule has 190 valence electrons.